The highest BCUT2D eigenvalue weighted by Gasteiger charge is 2.61. The van der Waals surface area contributed by atoms with Crippen molar-refractivity contribution in [1.82, 2.24) is 19.9 Å². The number of methoxy groups -OCH3 is 1. The quantitative estimate of drug-likeness (QED) is 0.241. The van der Waals surface area contributed by atoms with E-state index in [1.165, 1.54) is 17.9 Å². The number of hydrogen-bond donors (Lipinski definition) is 2. The molecule has 1 saturated heterocycles. The van der Waals surface area contributed by atoms with Gasteiger partial charge in [-0.15, -0.1) is 0 Å². The second kappa shape index (κ2) is 15.5. The second-order valence-corrected chi connectivity index (χ2v) is 15.7. The standard InChI is InChI=1S/C41H44N4O8S/c1-27(46)45-26-31(53-37-24-33(28-14-8-7-9-15-28)42-34-22-30(51-2)19-20-32(34)37)23-35(45)39(47)43-41-25-29(41)16-10-5-3-4-6-13-21-52-36-17-11-12-18-38(36)54(49,50)44-40(41)48/h7-12,14-20,22,24,29,31,35H,3-6,13,21,23,25-26H2,1-2H3,(H,43,47)(H,44,48)/b16-10-/t29-,31+,35-,41+/m0/s1. The Morgan fingerprint density at radius 3 is 2.57 bits per heavy atom. The molecule has 12 nitrogen and oxygen atoms in total. The van der Waals surface area contributed by atoms with Crippen LogP contribution in [0.2, 0.25) is 0 Å². The minimum absolute atomic E-state index is 0.127. The largest absolute Gasteiger partial charge is 0.497 e. The summed E-state index contributed by atoms with van der Waals surface area (Å²) in [6.07, 6.45) is 8.06. The van der Waals surface area contributed by atoms with Crippen LogP contribution in [0, 0.1) is 5.92 Å². The van der Waals surface area contributed by atoms with Crippen LogP contribution in [-0.2, 0) is 24.4 Å². The number of allylic oxidation sites excluding steroid dienone is 1. The lowest BCUT2D eigenvalue weighted by atomic mass is 10.1. The van der Waals surface area contributed by atoms with Crippen LogP contribution in [0.4, 0.5) is 0 Å². The molecule has 4 atom stereocenters. The minimum Gasteiger partial charge on any atom is -0.497 e. The topological polar surface area (TPSA) is 153 Å². The van der Waals surface area contributed by atoms with Crippen molar-refractivity contribution >= 4 is 38.6 Å². The number of rotatable bonds is 6. The van der Waals surface area contributed by atoms with Gasteiger partial charge in [-0.25, -0.2) is 18.1 Å². The maximum atomic E-state index is 14.2. The van der Waals surface area contributed by atoms with Crippen molar-refractivity contribution < 1.29 is 37.0 Å². The lowest BCUT2D eigenvalue weighted by Crippen LogP contribution is -2.56. The maximum absolute atomic E-state index is 14.2. The SMILES string of the molecule is COc1ccc2c(O[C@@H]3C[C@@H](C(=O)N[C@]45C[C@@H]4/C=C\CCCCCCOc4ccccc4S(=O)(=O)NC5=O)N(C(C)=O)C3)cc(-c3ccccc3)nc2c1. The van der Waals surface area contributed by atoms with Crippen LogP contribution in [0.15, 0.2) is 95.9 Å². The van der Waals surface area contributed by atoms with E-state index in [1.54, 1.807) is 25.3 Å². The summed E-state index contributed by atoms with van der Waals surface area (Å²) in [5.74, 6) is -0.854. The molecule has 13 heteroatoms. The highest BCUT2D eigenvalue weighted by Crippen LogP contribution is 2.46. The van der Waals surface area contributed by atoms with Gasteiger partial charge in [0.2, 0.25) is 11.8 Å². The first-order chi connectivity index (χ1) is 26.1. The molecule has 2 fully saturated rings. The van der Waals surface area contributed by atoms with Gasteiger partial charge in [0, 0.05) is 42.3 Å². The summed E-state index contributed by atoms with van der Waals surface area (Å²) in [6.45, 7) is 1.86. The molecule has 1 aromatic heterocycles. The average Bonchev–Trinajstić information content (AvgIpc) is 3.69. The zero-order valence-corrected chi connectivity index (χ0v) is 31.1. The van der Waals surface area contributed by atoms with Gasteiger partial charge in [0.1, 0.15) is 39.8 Å². The van der Waals surface area contributed by atoms with Crippen LogP contribution >= 0.6 is 0 Å². The Hall–Kier alpha value is -5.43. The number of benzene rings is 3. The van der Waals surface area contributed by atoms with Gasteiger partial charge in [0.25, 0.3) is 15.9 Å². The van der Waals surface area contributed by atoms with Crippen LogP contribution < -0.4 is 24.2 Å². The van der Waals surface area contributed by atoms with Crippen molar-refractivity contribution in [2.45, 2.75) is 74.4 Å². The van der Waals surface area contributed by atoms with Crippen LogP contribution in [0.5, 0.6) is 17.2 Å². The molecule has 54 heavy (non-hydrogen) atoms. The highest BCUT2D eigenvalue weighted by molar-refractivity contribution is 7.90. The van der Waals surface area contributed by atoms with Crippen molar-refractivity contribution in [3.63, 3.8) is 0 Å². The lowest BCUT2D eigenvalue weighted by molar-refractivity contribution is -0.138. The molecule has 2 aliphatic heterocycles. The van der Waals surface area contributed by atoms with Gasteiger partial charge >= 0.3 is 0 Å². The van der Waals surface area contributed by atoms with Crippen molar-refractivity contribution in [2.24, 2.45) is 5.92 Å². The van der Waals surface area contributed by atoms with Crippen LogP contribution in [0.25, 0.3) is 22.2 Å². The van der Waals surface area contributed by atoms with Crippen molar-refractivity contribution in [1.29, 1.82) is 0 Å². The maximum Gasteiger partial charge on any atom is 0.267 e. The van der Waals surface area contributed by atoms with Crippen molar-refractivity contribution in [3.8, 4) is 28.5 Å². The van der Waals surface area contributed by atoms with E-state index in [4.69, 9.17) is 19.2 Å². The number of para-hydroxylation sites is 1. The predicted molar refractivity (Wildman–Crippen MR) is 202 cm³/mol. The lowest BCUT2D eigenvalue weighted by Gasteiger charge is -2.25. The van der Waals surface area contributed by atoms with Gasteiger partial charge in [-0.3, -0.25) is 14.4 Å². The first kappa shape index (κ1) is 36.9. The Balaban J connectivity index is 1.14. The molecule has 1 aliphatic carbocycles. The Labute approximate surface area is 314 Å². The number of ether oxygens (including phenoxy) is 3. The van der Waals surface area contributed by atoms with E-state index in [2.05, 4.69) is 10.0 Å². The molecule has 7 rings (SSSR count). The van der Waals surface area contributed by atoms with E-state index in [1.807, 2.05) is 66.7 Å². The molecule has 2 N–H and O–H groups in total. The molecule has 0 spiro atoms. The van der Waals surface area contributed by atoms with Gasteiger partial charge in [0.15, 0.2) is 0 Å². The monoisotopic (exact) mass is 752 g/mol. The van der Waals surface area contributed by atoms with E-state index in [0.29, 0.717) is 29.3 Å². The van der Waals surface area contributed by atoms with E-state index >= 15 is 0 Å². The number of carbonyl (C=O) groups is 3. The third-order valence-corrected chi connectivity index (χ3v) is 11.7. The van der Waals surface area contributed by atoms with E-state index in [9.17, 15) is 22.8 Å². The summed E-state index contributed by atoms with van der Waals surface area (Å²) in [5, 5.41) is 3.63. The van der Waals surface area contributed by atoms with Gasteiger partial charge in [0.05, 0.1) is 31.5 Å². The highest BCUT2D eigenvalue weighted by atomic mass is 32.2. The summed E-state index contributed by atoms with van der Waals surface area (Å²) in [5.41, 5.74) is 0.700. The molecule has 0 radical (unpaired) electrons. The number of nitrogens with one attached hydrogen (secondary N) is 2. The number of nitrogens with zero attached hydrogens (tertiary/aromatic N) is 2. The average molecular weight is 753 g/mol. The molecule has 3 aromatic carbocycles. The molecule has 282 valence electrons. The summed E-state index contributed by atoms with van der Waals surface area (Å²) in [4.78, 5) is 47.3. The van der Waals surface area contributed by atoms with Gasteiger partial charge in [-0.2, -0.15) is 0 Å². The number of amides is 3. The predicted octanol–water partition coefficient (Wildman–Crippen LogP) is 5.56. The van der Waals surface area contributed by atoms with E-state index in [-0.39, 0.29) is 35.9 Å². The van der Waals surface area contributed by atoms with Crippen LogP contribution in [0.1, 0.15) is 51.9 Å². The Kier molecular flexibility index (Phi) is 10.6. The smallest absolute Gasteiger partial charge is 0.267 e. The van der Waals surface area contributed by atoms with Crippen molar-refractivity contribution in [2.75, 3.05) is 20.3 Å². The van der Waals surface area contributed by atoms with Gasteiger partial charge in [-0.05, 0) is 49.9 Å². The normalized spacial score (nSPS) is 24.6. The molecule has 3 heterocycles. The molecule has 0 unspecified atom stereocenters. The third kappa shape index (κ3) is 7.77. The third-order valence-electron chi connectivity index (χ3n) is 10.3. The van der Waals surface area contributed by atoms with Crippen LogP contribution in [-0.4, -0.2) is 74.0 Å². The Bertz CT molecular complexity index is 2190. The summed E-state index contributed by atoms with van der Waals surface area (Å²) in [6, 6.07) is 22.3. The van der Waals surface area contributed by atoms with Crippen LogP contribution in [0.3, 0.4) is 0 Å². The summed E-state index contributed by atoms with van der Waals surface area (Å²) in [7, 11) is -2.78. The fourth-order valence-electron chi connectivity index (χ4n) is 7.32. The Morgan fingerprint density at radius 1 is 1.00 bits per heavy atom. The van der Waals surface area contributed by atoms with Gasteiger partial charge in [-0.1, -0.05) is 67.5 Å². The first-order valence-electron chi connectivity index (χ1n) is 18.3. The molecule has 4 aromatic rings. The Morgan fingerprint density at radius 2 is 1.78 bits per heavy atom. The molecule has 1 saturated carbocycles. The minimum atomic E-state index is -4.37. The first-order valence-corrected chi connectivity index (χ1v) is 19.8. The molecular weight excluding hydrogens is 709 g/mol. The molecule has 0 bridgehead atoms. The number of aromatic nitrogens is 1. The molecular formula is C41H44N4O8S. The number of fused-ring (bicyclic) bond motifs is 3. The fourth-order valence-corrected chi connectivity index (χ4v) is 8.51. The number of carbonyl (C=O) groups excluding carboxylic acids is 3. The zero-order chi connectivity index (χ0) is 37.9. The number of pyridine rings is 1. The summed E-state index contributed by atoms with van der Waals surface area (Å²) >= 11 is 0. The fraction of sp³-hybridized carbons (Fsp3) is 0.366. The van der Waals surface area contributed by atoms with E-state index < -0.39 is 45.4 Å². The molecule has 3 amide bonds. The molecule has 3 aliphatic rings. The van der Waals surface area contributed by atoms with E-state index in [0.717, 1.165) is 43.1 Å². The number of hydrogen-bond acceptors (Lipinski definition) is 9. The van der Waals surface area contributed by atoms with Crippen molar-refractivity contribution in [3.05, 3.63) is 91.0 Å². The second-order valence-electron chi connectivity index (χ2n) is 14.0. The zero-order valence-electron chi connectivity index (χ0n) is 30.3. The van der Waals surface area contributed by atoms with Gasteiger partial charge < -0.3 is 24.4 Å². The number of likely N-dealkylation sites (tertiary alicyclic amines) is 1. The summed E-state index contributed by atoms with van der Waals surface area (Å²) < 4.78 is 47.3. The number of sulfonamides is 1.